The van der Waals surface area contributed by atoms with E-state index in [1.807, 2.05) is 32.0 Å². The molecule has 10 heteroatoms. The van der Waals surface area contributed by atoms with Crippen LogP contribution < -0.4 is 16.0 Å². The topological polar surface area (TPSA) is 113 Å². The van der Waals surface area contributed by atoms with Crippen molar-refractivity contribution in [1.29, 1.82) is 0 Å². The highest BCUT2D eigenvalue weighted by Gasteiger charge is 2.20. The van der Waals surface area contributed by atoms with Crippen molar-refractivity contribution in [2.24, 2.45) is 0 Å². The molecule has 38 heavy (non-hydrogen) atoms. The molecule has 196 valence electrons. The summed E-state index contributed by atoms with van der Waals surface area (Å²) in [5.74, 6) is 0.927. The zero-order chi connectivity index (χ0) is 26.8. The Morgan fingerprint density at radius 2 is 1.84 bits per heavy atom. The number of hydrogen-bond donors (Lipinski definition) is 2. The van der Waals surface area contributed by atoms with E-state index >= 15 is 0 Å². The van der Waals surface area contributed by atoms with Gasteiger partial charge < -0.3 is 25.4 Å². The van der Waals surface area contributed by atoms with Gasteiger partial charge in [-0.15, -0.1) is 11.3 Å². The molecule has 1 fully saturated rings. The van der Waals surface area contributed by atoms with Gasteiger partial charge in [0.05, 0.1) is 0 Å². The molecule has 2 aromatic carbocycles. The molecule has 4 aromatic rings. The van der Waals surface area contributed by atoms with Crippen molar-refractivity contribution < 1.29 is 9.32 Å². The standard InChI is InChI=1S/C28H31N7O2S/c1-5-17(2)26(36)30-20-9-6-18(3)22(16-20)25-32-27(37-33-25)23-24(29)31-28(38-23)19-7-10-21(11-8-19)35-14-12-34(4)13-15-35/h5-11,16H,12-15,29H2,1-4H3,(H,30,36). The molecule has 1 aliphatic heterocycles. The summed E-state index contributed by atoms with van der Waals surface area (Å²) < 4.78 is 5.60. The van der Waals surface area contributed by atoms with E-state index in [0.717, 1.165) is 47.9 Å². The van der Waals surface area contributed by atoms with Gasteiger partial charge in [-0.1, -0.05) is 17.3 Å². The number of aryl methyl sites for hydroxylation is 1. The van der Waals surface area contributed by atoms with Crippen molar-refractivity contribution in [3.05, 3.63) is 59.7 Å². The molecule has 5 rings (SSSR count). The average Bonchev–Trinajstić information content (AvgIpc) is 3.56. The fourth-order valence-corrected chi connectivity index (χ4v) is 5.13. The van der Waals surface area contributed by atoms with Crippen LogP contribution in [0.2, 0.25) is 0 Å². The van der Waals surface area contributed by atoms with Crippen LogP contribution in [0.25, 0.3) is 32.7 Å². The van der Waals surface area contributed by atoms with Crippen LogP contribution in [0.1, 0.15) is 19.4 Å². The maximum absolute atomic E-state index is 12.3. The number of anilines is 3. The minimum absolute atomic E-state index is 0.155. The quantitative estimate of drug-likeness (QED) is 0.333. The maximum Gasteiger partial charge on any atom is 0.272 e. The van der Waals surface area contributed by atoms with Gasteiger partial charge in [-0.2, -0.15) is 4.98 Å². The van der Waals surface area contributed by atoms with Gasteiger partial charge in [0.15, 0.2) is 0 Å². The lowest BCUT2D eigenvalue weighted by Gasteiger charge is -2.34. The Morgan fingerprint density at radius 1 is 1.11 bits per heavy atom. The van der Waals surface area contributed by atoms with Gasteiger partial charge >= 0.3 is 0 Å². The minimum Gasteiger partial charge on any atom is -0.382 e. The highest BCUT2D eigenvalue weighted by Crippen LogP contribution is 2.38. The Kier molecular flexibility index (Phi) is 7.26. The number of carbonyl (C=O) groups excluding carboxylic acids is 1. The number of allylic oxidation sites excluding steroid dienone is 1. The molecule has 0 saturated carbocycles. The zero-order valence-corrected chi connectivity index (χ0v) is 22.8. The fraction of sp³-hybridized carbons (Fsp3) is 0.286. The van der Waals surface area contributed by atoms with E-state index in [-0.39, 0.29) is 5.91 Å². The van der Waals surface area contributed by atoms with Crippen molar-refractivity contribution in [2.45, 2.75) is 20.8 Å². The second-order valence-electron chi connectivity index (χ2n) is 9.45. The number of thiazole rings is 1. The lowest BCUT2D eigenvalue weighted by Crippen LogP contribution is -2.44. The summed E-state index contributed by atoms with van der Waals surface area (Å²) in [7, 11) is 2.15. The van der Waals surface area contributed by atoms with Gasteiger partial charge in [0.1, 0.15) is 15.7 Å². The molecule has 1 amide bonds. The minimum atomic E-state index is -0.155. The monoisotopic (exact) mass is 529 g/mol. The normalized spacial score (nSPS) is 14.6. The van der Waals surface area contributed by atoms with Gasteiger partial charge in [0.25, 0.3) is 11.8 Å². The van der Waals surface area contributed by atoms with Gasteiger partial charge in [-0.25, -0.2) is 4.98 Å². The van der Waals surface area contributed by atoms with Crippen molar-refractivity contribution in [3.63, 3.8) is 0 Å². The first-order valence-corrected chi connectivity index (χ1v) is 13.3. The van der Waals surface area contributed by atoms with Crippen LogP contribution in [0.5, 0.6) is 0 Å². The Labute approximate surface area is 226 Å². The molecule has 1 saturated heterocycles. The Balaban J connectivity index is 1.36. The number of nitrogens with two attached hydrogens (primary N) is 1. The van der Waals surface area contributed by atoms with Crippen molar-refractivity contribution >= 4 is 34.4 Å². The molecule has 0 atom stereocenters. The predicted octanol–water partition coefficient (Wildman–Crippen LogP) is 5.07. The van der Waals surface area contributed by atoms with E-state index in [1.165, 1.54) is 17.0 Å². The SMILES string of the molecule is CC=C(C)C(=O)Nc1ccc(C)c(-c2noc(-c3sc(-c4ccc(N5CCN(C)CC5)cc4)nc3N)n2)c1. The number of nitrogen functional groups attached to an aromatic ring is 1. The molecule has 0 unspecified atom stereocenters. The highest BCUT2D eigenvalue weighted by atomic mass is 32.1. The van der Waals surface area contributed by atoms with E-state index in [2.05, 4.69) is 61.6 Å². The number of rotatable bonds is 6. The average molecular weight is 530 g/mol. The molecular weight excluding hydrogens is 498 g/mol. The lowest BCUT2D eigenvalue weighted by atomic mass is 10.1. The third-order valence-electron chi connectivity index (χ3n) is 6.78. The Hall–Kier alpha value is -4.02. The number of benzene rings is 2. The molecule has 3 heterocycles. The molecule has 2 aromatic heterocycles. The van der Waals surface area contributed by atoms with Crippen LogP contribution in [-0.2, 0) is 4.79 Å². The summed E-state index contributed by atoms with van der Waals surface area (Å²) in [6.07, 6.45) is 1.77. The Bertz CT molecular complexity index is 1480. The van der Waals surface area contributed by atoms with Gasteiger partial charge in [0, 0.05) is 54.3 Å². The highest BCUT2D eigenvalue weighted by molar-refractivity contribution is 7.18. The molecule has 9 nitrogen and oxygen atoms in total. The fourth-order valence-electron chi connectivity index (χ4n) is 4.21. The van der Waals surface area contributed by atoms with Gasteiger partial charge in [-0.05, 0) is 69.8 Å². The summed E-state index contributed by atoms with van der Waals surface area (Å²) >= 11 is 1.42. The predicted molar refractivity (Wildman–Crippen MR) is 153 cm³/mol. The summed E-state index contributed by atoms with van der Waals surface area (Å²) in [5.41, 5.74) is 11.5. The number of nitrogens with one attached hydrogen (secondary N) is 1. The first-order chi connectivity index (χ1) is 18.3. The van der Waals surface area contributed by atoms with Crippen LogP contribution in [0.3, 0.4) is 0 Å². The number of hydrogen-bond acceptors (Lipinski definition) is 9. The van der Waals surface area contributed by atoms with Gasteiger partial charge in [0.2, 0.25) is 5.82 Å². The number of aromatic nitrogens is 3. The molecule has 0 bridgehead atoms. The van der Waals surface area contributed by atoms with Crippen molar-refractivity contribution in [3.8, 4) is 32.7 Å². The number of amides is 1. The third-order valence-corrected chi connectivity index (χ3v) is 7.89. The largest absolute Gasteiger partial charge is 0.382 e. The van der Waals surface area contributed by atoms with Crippen LogP contribution in [0, 0.1) is 6.92 Å². The van der Waals surface area contributed by atoms with E-state index < -0.39 is 0 Å². The summed E-state index contributed by atoms with van der Waals surface area (Å²) in [5, 5.41) is 7.88. The van der Waals surface area contributed by atoms with Crippen LogP contribution in [0.15, 0.2) is 58.6 Å². The van der Waals surface area contributed by atoms with E-state index in [1.54, 1.807) is 13.0 Å². The number of carbonyl (C=O) groups is 1. The zero-order valence-electron chi connectivity index (χ0n) is 22.0. The molecule has 0 spiro atoms. The molecule has 0 radical (unpaired) electrons. The van der Waals surface area contributed by atoms with Crippen molar-refractivity contribution in [1.82, 2.24) is 20.0 Å². The van der Waals surface area contributed by atoms with E-state index in [9.17, 15) is 4.79 Å². The lowest BCUT2D eigenvalue weighted by molar-refractivity contribution is -0.112. The van der Waals surface area contributed by atoms with Crippen molar-refractivity contribution in [2.75, 3.05) is 49.2 Å². The van der Waals surface area contributed by atoms with Crippen LogP contribution in [-0.4, -0.2) is 59.2 Å². The first kappa shape index (κ1) is 25.6. The summed E-state index contributed by atoms with van der Waals surface area (Å²) in [4.78, 5) is 26.8. The summed E-state index contributed by atoms with van der Waals surface area (Å²) in [6, 6.07) is 14.0. The van der Waals surface area contributed by atoms with E-state index in [4.69, 9.17) is 10.3 Å². The Morgan fingerprint density at radius 3 is 2.55 bits per heavy atom. The number of likely N-dealkylation sites (N-methyl/N-ethyl adjacent to an activating group) is 1. The first-order valence-electron chi connectivity index (χ1n) is 12.5. The second kappa shape index (κ2) is 10.8. The van der Waals surface area contributed by atoms with Crippen LogP contribution >= 0.6 is 11.3 Å². The van der Waals surface area contributed by atoms with Gasteiger partial charge in [-0.3, -0.25) is 4.79 Å². The van der Waals surface area contributed by atoms with Crippen LogP contribution in [0.4, 0.5) is 17.2 Å². The smallest absolute Gasteiger partial charge is 0.272 e. The number of nitrogens with zero attached hydrogens (tertiary/aromatic N) is 5. The summed E-state index contributed by atoms with van der Waals surface area (Å²) in [6.45, 7) is 9.73. The molecule has 1 aliphatic rings. The van der Waals surface area contributed by atoms with E-state index in [0.29, 0.717) is 33.7 Å². The third kappa shape index (κ3) is 5.32. The molecule has 0 aliphatic carbocycles. The molecule has 3 N–H and O–H groups in total. The second-order valence-corrected chi connectivity index (χ2v) is 10.4. The molecular formula is C28H31N7O2S. The maximum atomic E-state index is 12.3. The number of piperazine rings is 1.